The molecule has 2 heterocycles. The van der Waals surface area contributed by atoms with Crippen molar-refractivity contribution in [2.24, 2.45) is 0 Å². The van der Waals surface area contributed by atoms with Crippen LogP contribution in [0, 0.1) is 5.95 Å². The van der Waals surface area contributed by atoms with Crippen LogP contribution in [0.2, 0.25) is 0 Å². The van der Waals surface area contributed by atoms with Crippen molar-refractivity contribution < 1.29 is 14.3 Å². The molecule has 5 heteroatoms. The number of halogens is 1. The Morgan fingerprint density at radius 2 is 2.29 bits per heavy atom. The molecule has 0 unspecified atom stereocenters. The number of rotatable bonds is 3. The molecule has 92 valence electrons. The van der Waals surface area contributed by atoms with E-state index >= 15 is 0 Å². The minimum absolute atomic E-state index is 0.210. The van der Waals surface area contributed by atoms with E-state index in [1.807, 2.05) is 6.92 Å². The van der Waals surface area contributed by atoms with Crippen molar-refractivity contribution >= 4 is 5.91 Å². The van der Waals surface area contributed by atoms with Gasteiger partial charge in [-0.3, -0.25) is 4.79 Å². The van der Waals surface area contributed by atoms with Gasteiger partial charge in [0.15, 0.2) is 0 Å². The zero-order valence-electron chi connectivity index (χ0n) is 9.69. The first-order chi connectivity index (χ1) is 8.04. The van der Waals surface area contributed by atoms with E-state index in [4.69, 9.17) is 0 Å². The fraction of sp³-hybridized carbons (Fsp3) is 0.500. The van der Waals surface area contributed by atoms with Crippen molar-refractivity contribution in [3.8, 4) is 0 Å². The Morgan fingerprint density at radius 3 is 2.82 bits per heavy atom. The lowest BCUT2D eigenvalue weighted by Crippen LogP contribution is -2.63. The van der Waals surface area contributed by atoms with Gasteiger partial charge in [0.05, 0.1) is 24.3 Å². The molecule has 4 nitrogen and oxygen atoms in total. The number of hydrogen-bond donors (Lipinski definition) is 1. The van der Waals surface area contributed by atoms with Crippen molar-refractivity contribution in [3.63, 3.8) is 0 Å². The van der Waals surface area contributed by atoms with Crippen molar-refractivity contribution in [3.05, 3.63) is 29.8 Å². The largest absolute Gasteiger partial charge is 0.386 e. The van der Waals surface area contributed by atoms with Crippen LogP contribution in [-0.4, -0.2) is 39.6 Å². The van der Waals surface area contributed by atoms with Gasteiger partial charge in [0, 0.05) is 6.20 Å². The summed E-state index contributed by atoms with van der Waals surface area (Å²) in [7, 11) is 0. The molecule has 1 saturated heterocycles. The SMILES string of the molecule is CCCC1(O)CN(C(=O)c2ccc(F)nc2)C1. The second kappa shape index (κ2) is 4.41. The first kappa shape index (κ1) is 12.0. The summed E-state index contributed by atoms with van der Waals surface area (Å²) in [6, 6.07) is 2.56. The average Bonchev–Trinajstić information content (AvgIpc) is 2.26. The molecule has 0 saturated carbocycles. The Kier molecular flexibility index (Phi) is 3.11. The van der Waals surface area contributed by atoms with Gasteiger partial charge >= 0.3 is 0 Å². The first-order valence-electron chi connectivity index (χ1n) is 5.67. The lowest BCUT2D eigenvalue weighted by molar-refractivity contribution is -0.0860. The maximum absolute atomic E-state index is 12.6. The molecular formula is C12H15FN2O2. The Bertz CT molecular complexity index is 413. The highest BCUT2D eigenvalue weighted by Crippen LogP contribution is 2.27. The molecular weight excluding hydrogens is 223 g/mol. The zero-order valence-corrected chi connectivity index (χ0v) is 9.69. The van der Waals surface area contributed by atoms with Crippen LogP contribution >= 0.6 is 0 Å². The molecule has 1 aromatic heterocycles. The van der Waals surface area contributed by atoms with Crippen LogP contribution in [0.25, 0.3) is 0 Å². The number of carbonyl (C=O) groups excluding carboxylic acids is 1. The third-order valence-corrected chi connectivity index (χ3v) is 2.95. The van der Waals surface area contributed by atoms with Gasteiger partial charge in [-0.05, 0) is 18.6 Å². The molecule has 1 aromatic rings. The molecule has 2 rings (SSSR count). The third-order valence-electron chi connectivity index (χ3n) is 2.95. The highest BCUT2D eigenvalue weighted by atomic mass is 19.1. The third kappa shape index (κ3) is 2.44. The lowest BCUT2D eigenvalue weighted by Gasteiger charge is -2.46. The fourth-order valence-corrected chi connectivity index (χ4v) is 2.12. The second-order valence-corrected chi connectivity index (χ2v) is 4.51. The molecule has 0 aromatic carbocycles. The molecule has 17 heavy (non-hydrogen) atoms. The lowest BCUT2D eigenvalue weighted by atomic mass is 9.89. The summed E-state index contributed by atoms with van der Waals surface area (Å²) < 4.78 is 12.6. The maximum Gasteiger partial charge on any atom is 0.255 e. The molecule has 0 atom stereocenters. The van der Waals surface area contributed by atoms with Crippen LogP contribution < -0.4 is 0 Å². The van der Waals surface area contributed by atoms with E-state index in [-0.39, 0.29) is 5.91 Å². The Morgan fingerprint density at radius 1 is 1.59 bits per heavy atom. The molecule has 0 spiro atoms. The quantitative estimate of drug-likeness (QED) is 0.805. The average molecular weight is 238 g/mol. The Hall–Kier alpha value is -1.49. The minimum Gasteiger partial charge on any atom is -0.386 e. The van der Waals surface area contributed by atoms with Crippen LogP contribution in [0.3, 0.4) is 0 Å². The summed E-state index contributed by atoms with van der Waals surface area (Å²) in [6.45, 7) is 2.68. The summed E-state index contributed by atoms with van der Waals surface area (Å²) in [6.07, 6.45) is 2.80. The number of aromatic nitrogens is 1. The maximum atomic E-state index is 12.6. The number of likely N-dealkylation sites (tertiary alicyclic amines) is 1. The van der Waals surface area contributed by atoms with E-state index in [0.29, 0.717) is 25.1 Å². The normalized spacial score (nSPS) is 17.7. The Balaban J connectivity index is 1.97. The van der Waals surface area contributed by atoms with Crippen molar-refractivity contribution in [1.82, 2.24) is 9.88 Å². The van der Waals surface area contributed by atoms with Crippen molar-refractivity contribution in [2.75, 3.05) is 13.1 Å². The highest BCUT2D eigenvalue weighted by Gasteiger charge is 2.42. The van der Waals surface area contributed by atoms with Gasteiger partial charge in [-0.15, -0.1) is 0 Å². The van der Waals surface area contributed by atoms with Gasteiger partial charge in [0.2, 0.25) is 5.95 Å². The number of aliphatic hydroxyl groups is 1. The van der Waals surface area contributed by atoms with Gasteiger partial charge in [0.25, 0.3) is 5.91 Å². The molecule has 0 bridgehead atoms. The van der Waals surface area contributed by atoms with E-state index < -0.39 is 11.5 Å². The summed E-state index contributed by atoms with van der Waals surface area (Å²) in [5, 5.41) is 9.95. The highest BCUT2D eigenvalue weighted by molar-refractivity contribution is 5.94. The summed E-state index contributed by atoms with van der Waals surface area (Å²) in [5.74, 6) is -0.814. The molecule has 1 N–H and O–H groups in total. The number of pyridine rings is 1. The van der Waals surface area contributed by atoms with Gasteiger partial charge in [0.1, 0.15) is 0 Å². The number of amides is 1. The molecule has 1 amide bonds. The van der Waals surface area contributed by atoms with E-state index in [9.17, 15) is 14.3 Å². The number of β-amino-alcohol motifs (C(OH)–C–C–N with tert-alkyl or cyclic N) is 1. The minimum atomic E-state index is -0.738. The van der Waals surface area contributed by atoms with E-state index in [1.54, 1.807) is 4.90 Å². The van der Waals surface area contributed by atoms with E-state index in [1.165, 1.54) is 12.3 Å². The summed E-state index contributed by atoms with van der Waals surface area (Å²) in [4.78, 5) is 16.9. The van der Waals surface area contributed by atoms with Gasteiger partial charge in [-0.2, -0.15) is 4.39 Å². The predicted molar refractivity (Wildman–Crippen MR) is 60.0 cm³/mol. The molecule has 0 radical (unpaired) electrons. The zero-order chi connectivity index (χ0) is 12.5. The molecule has 1 aliphatic rings. The van der Waals surface area contributed by atoms with E-state index in [2.05, 4.69) is 4.98 Å². The van der Waals surface area contributed by atoms with Crippen LogP contribution in [0.5, 0.6) is 0 Å². The van der Waals surface area contributed by atoms with Crippen molar-refractivity contribution in [1.29, 1.82) is 0 Å². The van der Waals surface area contributed by atoms with Gasteiger partial charge in [-0.1, -0.05) is 13.3 Å². The topological polar surface area (TPSA) is 53.4 Å². The van der Waals surface area contributed by atoms with Crippen molar-refractivity contribution in [2.45, 2.75) is 25.4 Å². The monoisotopic (exact) mass is 238 g/mol. The van der Waals surface area contributed by atoms with Gasteiger partial charge < -0.3 is 10.0 Å². The van der Waals surface area contributed by atoms with Crippen LogP contribution in [-0.2, 0) is 0 Å². The van der Waals surface area contributed by atoms with Gasteiger partial charge in [-0.25, -0.2) is 4.98 Å². The number of carbonyl (C=O) groups is 1. The standard InChI is InChI=1S/C12H15FN2O2/c1-2-5-12(17)7-15(8-12)11(16)9-3-4-10(13)14-6-9/h3-4,6,17H,2,5,7-8H2,1H3. The smallest absolute Gasteiger partial charge is 0.255 e. The van der Waals surface area contributed by atoms with Crippen LogP contribution in [0.4, 0.5) is 4.39 Å². The summed E-state index contributed by atoms with van der Waals surface area (Å²) in [5.41, 5.74) is -0.386. The molecule has 0 aliphatic carbocycles. The number of hydrogen-bond acceptors (Lipinski definition) is 3. The second-order valence-electron chi connectivity index (χ2n) is 4.51. The van der Waals surface area contributed by atoms with Crippen LogP contribution in [0.15, 0.2) is 18.3 Å². The molecule has 1 fully saturated rings. The predicted octanol–water partition coefficient (Wildman–Crippen LogP) is 1.21. The fourth-order valence-electron chi connectivity index (χ4n) is 2.12. The Labute approximate surface area is 99.1 Å². The number of nitrogens with zero attached hydrogens (tertiary/aromatic N) is 2. The first-order valence-corrected chi connectivity index (χ1v) is 5.67. The molecule has 1 aliphatic heterocycles. The van der Waals surface area contributed by atoms with Crippen LogP contribution in [0.1, 0.15) is 30.1 Å². The summed E-state index contributed by atoms with van der Waals surface area (Å²) >= 11 is 0. The van der Waals surface area contributed by atoms with E-state index in [0.717, 1.165) is 12.5 Å².